The topological polar surface area (TPSA) is 161 Å². The van der Waals surface area contributed by atoms with Crippen molar-refractivity contribution in [2.45, 2.75) is 39.8 Å². The van der Waals surface area contributed by atoms with Gasteiger partial charge in [0.15, 0.2) is 23.0 Å². The Bertz CT molecular complexity index is 1570. The van der Waals surface area contributed by atoms with Crippen LogP contribution < -0.4 is 29.6 Å². The maximum Gasteiger partial charge on any atom is 0.224 e. The SMILES string of the molecule is COc1cc(C[C@H](C(=O)NCc2cccc(C)n2)[C@@H](Cc2cc(OC)c(O)c(OC)c2)C(=O)NCc2cccc(C)n2)cc(OC)c1O. The standard InChI is InChI=1S/C36H42N4O8/c1-21-9-7-11-25(39-21)19-37-35(43)27(13-23-15-29(45-3)33(41)30(16-23)46-4)28(36(44)38-20-26-12-8-10-22(2)40-26)14-24-17-31(47-5)34(42)32(18-24)48-6/h7-12,15-18,27-28,41-42H,13-14,19-20H2,1-6H3,(H,37,43)(H,38,44)/t27-,28+. The van der Waals surface area contributed by atoms with Crippen LogP contribution in [0.1, 0.15) is 33.9 Å². The molecule has 0 spiro atoms. The fraction of sp³-hybridized carbons (Fsp3) is 0.333. The molecule has 4 rings (SSSR count). The number of amides is 2. The van der Waals surface area contributed by atoms with Crippen molar-refractivity contribution in [2.24, 2.45) is 11.8 Å². The van der Waals surface area contributed by atoms with Gasteiger partial charge in [-0.1, -0.05) is 12.1 Å². The molecule has 0 fully saturated rings. The number of nitrogens with zero attached hydrogens (tertiary/aromatic N) is 2. The molecule has 2 aromatic carbocycles. The van der Waals surface area contributed by atoms with Crippen molar-refractivity contribution in [1.82, 2.24) is 20.6 Å². The summed E-state index contributed by atoms with van der Waals surface area (Å²) in [4.78, 5) is 37.4. The second kappa shape index (κ2) is 16.3. The van der Waals surface area contributed by atoms with Crippen molar-refractivity contribution in [3.05, 3.63) is 94.6 Å². The molecule has 254 valence electrons. The number of phenolic OH excluding ortho intramolecular Hbond substituents is 2. The summed E-state index contributed by atoms with van der Waals surface area (Å²) in [5.74, 6) is -2.39. The van der Waals surface area contributed by atoms with E-state index in [9.17, 15) is 19.8 Å². The zero-order valence-electron chi connectivity index (χ0n) is 28.0. The van der Waals surface area contributed by atoms with Gasteiger partial charge >= 0.3 is 0 Å². The summed E-state index contributed by atoms with van der Waals surface area (Å²) in [6.45, 7) is 4.01. The molecule has 4 aromatic rings. The number of pyridine rings is 2. The van der Waals surface area contributed by atoms with Crippen molar-refractivity contribution in [2.75, 3.05) is 28.4 Å². The third-order valence-corrected chi connectivity index (χ3v) is 7.93. The lowest BCUT2D eigenvalue weighted by Crippen LogP contribution is -2.44. The van der Waals surface area contributed by atoms with Crippen molar-refractivity contribution in [1.29, 1.82) is 0 Å². The second-order valence-corrected chi connectivity index (χ2v) is 11.3. The second-order valence-electron chi connectivity index (χ2n) is 11.3. The third-order valence-electron chi connectivity index (χ3n) is 7.93. The number of aryl methyl sites for hydroxylation is 2. The minimum Gasteiger partial charge on any atom is -0.502 e. The third kappa shape index (κ3) is 8.84. The largest absolute Gasteiger partial charge is 0.502 e. The number of phenols is 2. The monoisotopic (exact) mass is 658 g/mol. The van der Waals surface area contributed by atoms with Crippen LogP contribution in [-0.2, 0) is 35.5 Å². The number of nitrogens with one attached hydrogen (secondary N) is 2. The highest BCUT2D eigenvalue weighted by Gasteiger charge is 2.35. The molecule has 0 saturated heterocycles. The Morgan fingerprint density at radius 3 is 1.25 bits per heavy atom. The Labute approximate surface area is 280 Å². The van der Waals surface area contributed by atoms with Crippen molar-refractivity contribution < 1.29 is 38.7 Å². The van der Waals surface area contributed by atoms with Crippen molar-refractivity contribution in [3.63, 3.8) is 0 Å². The molecule has 2 heterocycles. The van der Waals surface area contributed by atoms with Crippen LogP contribution in [0.25, 0.3) is 0 Å². The highest BCUT2D eigenvalue weighted by Crippen LogP contribution is 2.40. The molecular weight excluding hydrogens is 616 g/mol. The van der Waals surface area contributed by atoms with Gasteiger partial charge in [0.05, 0.1) is 64.8 Å². The van der Waals surface area contributed by atoms with Crippen LogP contribution in [0, 0.1) is 25.7 Å². The van der Waals surface area contributed by atoms with E-state index in [1.165, 1.54) is 28.4 Å². The lowest BCUT2D eigenvalue weighted by atomic mass is 9.81. The molecule has 0 aliphatic carbocycles. The zero-order valence-corrected chi connectivity index (χ0v) is 28.0. The average molecular weight is 659 g/mol. The lowest BCUT2D eigenvalue weighted by Gasteiger charge is -2.27. The molecule has 48 heavy (non-hydrogen) atoms. The lowest BCUT2D eigenvalue weighted by molar-refractivity contribution is -0.135. The maximum atomic E-state index is 14.2. The molecule has 0 unspecified atom stereocenters. The Morgan fingerprint density at radius 1 is 0.625 bits per heavy atom. The molecule has 0 radical (unpaired) electrons. The number of rotatable bonds is 15. The molecule has 4 N–H and O–H groups in total. The molecule has 0 bridgehead atoms. The highest BCUT2D eigenvalue weighted by molar-refractivity contribution is 5.88. The molecule has 12 nitrogen and oxygen atoms in total. The maximum absolute atomic E-state index is 14.2. The van der Waals surface area contributed by atoms with Gasteiger partial charge < -0.3 is 39.8 Å². The van der Waals surface area contributed by atoms with Crippen LogP contribution in [0.15, 0.2) is 60.7 Å². The summed E-state index contributed by atoms with van der Waals surface area (Å²) >= 11 is 0. The van der Waals surface area contributed by atoms with Crippen molar-refractivity contribution in [3.8, 4) is 34.5 Å². The molecule has 2 aromatic heterocycles. The van der Waals surface area contributed by atoms with Crippen LogP contribution in [-0.4, -0.2) is 60.4 Å². The summed E-state index contributed by atoms with van der Waals surface area (Å²) in [5, 5.41) is 27.1. The molecular formula is C36H42N4O8. The van der Waals surface area contributed by atoms with E-state index in [4.69, 9.17) is 18.9 Å². The molecule has 0 aliphatic heterocycles. The van der Waals surface area contributed by atoms with Crippen molar-refractivity contribution >= 4 is 11.8 Å². The van der Waals surface area contributed by atoms with Gasteiger partial charge in [-0.3, -0.25) is 19.6 Å². The van der Waals surface area contributed by atoms with Gasteiger partial charge in [0, 0.05) is 11.4 Å². The van der Waals surface area contributed by atoms with Crippen LogP contribution >= 0.6 is 0 Å². The van der Waals surface area contributed by atoms with Gasteiger partial charge in [-0.15, -0.1) is 0 Å². The Hall–Kier alpha value is -5.52. The van der Waals surface area contributed by atoms with E-state index in [1.54, 1.807) is 24.3 Å². The first-order valence-corrected chi connectivity index (χ1v) is 15.3. The number of hydrogen-bond acceptors (Lipinski definition) is 10. The van der Waals surface area contributed by atoms with Gasteiger partial charge in [0.2, 0.25) is 23.3 Å². The number of hydrogen-bond donors (Lipinski definition) is 4. The van der Waals surface area contributed by atoms with Gasteiger partial charge in [0.25, 0.3) is 0 Å². The quantitative estimate of drug-likeness (QED) is 0.146. The minimum absolute atomic E-state index is 0.0766. The normalized spacial score (nSPS) is 12.0. The Morgan fingerprint density at radius 2 is 0.958 bits per heavy atom. The van der Waals surface area contributed by atoms with E-state index in [0.29, 0.717) is 22.5 Å². The molecule has 2 amide bonds. The van der Waals surface area contributed by atoms with E-state index in [1.807, 2.05) is 50.2 Å². The van der Waals surface area contributed by atoms with Crippen LogP contribution in [0.4, 0.5) is 0 Å². The number of methoxy groups -OCH3 is 4. The minimum atomic E-state index is -0.940. The van der Waals surface area contributed by atoms with Crippen LogP contribution in [0.5, 0.6) is 34.5 Å². The molecule has 2 atom stereocenters. The molecule has 12 heteroatoms. The van der Waals surface area contributed by atoms with E-state index >= 15 is 0 Å². The number of carbonyl (C=O) groups is 2. The first-order chi connectivity index (χ1) is 23.1. The van der Waals surface area contributed by atoms with E-state index in [-0.39, 0.29) is 60.4 Å². The smallest absolute Gasteiger partial charge is 0.224 e. The number of aromatic hydroxyl groups is 2. The van der Waals surface area contributed by atoms with Gasteiger partial charge in [-0.05, 0) is 86.3 Å². The molecule has 0 saturated carbocycles. The molecule has 0 aliphatic rings. The summed E-state index contributed by atoms with van der Waals surface area (Å²) in [6.07, 6.45) is 0.153. The van der Waals surface area contributed by atoms with Gasteiger partial charge in [-0.25, -0.2) is 0 Å². The fourth-order valence-corrected chi connectivity index (χ4v) is 5.49. The van der Waals surface area contributed by atoms with Crippen LogP contribution in [0.3, 0.4) is 0 Å². The predicted octanol–water partition coefficient (Wildman–Crippen LogP) is 4.19. The number of carbonyl (C=O) groups excluding carboxylic acids is 2. The predicted molar refractivity (Wildman–Crippen MR) is 178 cm³/mol. The summed E-state index contributed by atoms with van der Waals surface area (Å²) in [6, 6.07) is 17.5. The van der Waals surface area contributed by atoms with Gasteiger partial charge in [-0.2, -0.15) is 0 Å². The number of benzene rings is 2. The summed E-state index contributed by atoms with van der Waals surface area (Å²) < 4.78 is 21.5. The zero-order chi connectivity index (χ0) is 34.8. The fourth-order valence-electron chi connectivity index (χ4n) is 5.49. The average Bonchev–Trinajstić information content (AvgIpc) is 3.08. The summed E-state index contributed by atoms with van der Waals surface area (Å²) in [7, 11) is 5.66. The number of aromatic nitrogens is 2. The Balaban J connectivity index is 1.78. The van der Waals surface area contributed by atoms with Gasteiger partial charge in [0.1, 0.15) is 0 Å². The first-order valence-electron chi connectivity index (χ1n) is 15.3. The van der Waals surface area contributed by atoms with E-state index < -0.39 is 23.7 Å². The first kappa shape index (κ1) is 35.3. The highest BCUT2D eigenvalue weighted by atomic mass is 16.5. The summed E-state index contributed by atoms with van der Waals surface area (Å²) in [5.41, 5.74) is 4.12. The van der Waals surface area contributed by atoms with E-state index in [2.05, 4.69) is 20.6 Å². The van der Waals surface area contributed by atoms with Crippen LogP contribution in [0.2, 0.25) is 0 Å². The number of ether oxygens (including phenoxy) is 4. The Kier molecular flexibility index (Phi) is 12.0. The van der Waals surface area contributed by atoms with E-state index in [0.717, 1.165) is 11.4 Å².